The summed E-state index contributed by atoms with van der Waals surface area (Å²) in [6.45, 7) is 0. The van der Waals surface area contributed by atoms with Gasteiger partial charge in [-0.2, -0.15) is 0 Å². The molecule has 1 saturated carbocycles. The first-order valence-electron chi connectivity index (χ1n) is 6.66. The van der Waals surface area contributed by atoms with Gasteiger partial charge in [0.15, 0.2) is 11.4 Å². The number of phenols is 1. The molecule has 1 fully saturated rings. The molecule has 0 amide bonds. The molecule has 2 aromatic rings. The number of hydrogen-bond acceptors (Lipinski definition) is 3. The highest BCUT2D eigenvalue weighted by molar-refractivity contribution is 5.84. The van der Waals surface area contributed by atoms with E-state index in [9.17, 15) is 9.50 Å². The fourth-order valence-corrected chi connectivity index (χ4v) is 2.93. The minimum atomic E-state index is -0.422. The lowest BCUT2D eigenvalue weighted by Crippen LogP contribution is -2.07. The Morgan fingerprint density at radius 1 is 1.21 bits per heavy atom. The molecule has 0 atom stereocenters. The zero-order valence-electron chi connectivity index (χ0n) is 10.6. The van der Waals surface area contributed by atoms with Crippen LogP contribution >= 0.6 is 0 Å². The molecule has 1 aromatic carbocycles. The largest absolute Gasteiger partial charge is 0.507 e. The first kappa shape index (κ1) is 12.2. The van der Waals surface area contributed by atoms with Gasteiger partial charge in [-0.3, -0.25) is 5.41 Å². The van der Waals surface area contributed by atoms with E-state index in [1.54, 1.807) is 0 Å². The van der Waals surface area contributed by atoms with Crippen molar-refractivity contribution >= 4 is 11.0 Å². The van der Waals surface area contributed by atoms with Crippen molar-refractivity contribution in [1.29, 1.82) is 5.41 Å². The van der Waals surface area contributed by atoms with E-state index in [0.717, 1.165) is 25.7 Å². The van der Waals surface area contributed by atoms with Crippen LogP contribution in [0.5, 0.6) is 5.75 Å². The Kier molecular flexibility index (Phi) is 3.01. The van der Waals surface area contributed by atoms with Crippen molar-refractivity contribution in [3.8, 4) is 5.75 Å². The average molecular weight is 261 g/mol. The molecule has 1 aliphatic rings. The minimum Gasteiger partial charge on any atom is -0.507 e. The van der Waals surface area contributed by atoms with Gasteiger partial charge < -0.3 is 9.52 Å². The summed E-state index contributed by atoms with van der Waals surface area (Å²) in [5.74, 6) is -0.247. The van der Waals surface area contributed by atoms with Crippen LogP contribution in [-0.2, 0) is 0 Å². The standard InChI is InChI=1S/C15H16FNO2/c16-14-11(9-4-2-1-3-5-9)8-12(18)10-6-7-13(17)19-15(10)14/h6-9,17-18H,1-5H2. The van der Waals surface area contributed by atoms with Crippen LogP contribution in [0.1, 0.15) is 43.6 Å². The molecule has 1 heterocycles. The summed E-state index contributed by atoms with van der Waals surface area (Å²) in [7, 11) is 0. The maximum atomic E-state index is 14.5. The van der Waals surface area contributed by atoms with Crippen LogP contribution in [0.2, 0.25) is 0 Å². The van der Waals surface area contributed by atoms with Crippen LogP contribution in [-0.4, -0.2) is 5.11 Å². The molecule has 2 N–H and O–H groups in total. The number of aromatic hydroxyl groups is 1. The van der Waals surface area contributed by atoms with Gasteiger partial charge in [0.1, 0.15) is 5.75 Å². The van der Waals surface area contributed by atoms with Gasteiger partial charge in [-0.15, -0.1) is 0 Å². The molecule has 3 nitrogen and oxygen atoms in total. The lowest BCUT2D eigenvalue weighted by molar-refractivity contribution is 0.419. The Labute approximate surface area is 110 Å². The zero-order valence-corrected chi connectivity index (χ0v) is 10.6. The Morgan fingerprint density at radius 3 is 2.68 bits per heavy atom. The summed E-state index contributed by atoms with van der Waals surface area (Å²) in [6.07, 6.45) is 5.28. The molecular weight excluding hydrogens is 245 g/mol. The number of fused-ring (bicyclic) bond motifs is 1. The van der Waals surface area contributed by atoms with E-state index in [1.807, 2.05) is 0 Å². The highest BCUT2D eigenvalue weighted by atomic mass is 19.1. The van der Waals surface area contributed by atoms with Gasteiger partial charge in [0, 0.05) is 6.07 Å². The molecule has 0 saturated heterocycles. The third-order valence-electron chi connectivity index (χ3n) is 3.92. The van der Waals surface area contributed by atoms with E-state index in [0.29, 0.717) is 10.9 Å². The number of halogens is 1. The third kappa shape index (κ3) is 2.11. The minimum absolute atomic E-state index is 0.00641. The first-order chi connectivity index (χ1) is 9.16. The zero-order chi connectivity index (χ0) is 13.4. The van der Waals surface area contributed by atoms with Gasteiger partial charge in [-0.1, -0.05) is 19.3 Å². The van der Waals surface area contributed by atoms with Gasteiger partial charge in [0.25, 0.3) is 0 Å². The van der Waals surface area contributed by atoms with E-state index in [-0.39, 0.29) is 22.8 Å². The smallest absolute Gasteiger partial charge is 0.212 e. The lowest BCUT2D eigenvalue weighted by atomic mass is 9.83. The number of phenolic OH excluding ortho intramolecular Hbond substituents is 1. The predicted molar refractivity (Wildman–Crippen MR) is 69.5 cm³/mol. The van der Waals surface area contributed by atoms with Crippen LogP contribution < -0.4 is 5.55 Å². The van der Waals surface area contributed by atoms with Crippen molar-refractivity contribution in [1.82, 2.24) is 0 Å². The molecule has 0 unspecified atom stereocenters. The number of benzene rings is 1. The van der Waals surface area contributed by atoms with Crippen LogP contribution in [0.15, 0.2) is 22.6 Å². The van der Waals surface area contributed by atoms with Gasteiger partial charge in [0.05, 0.1) is 5.39 Å². The maximum Gasteiger partial charge on any atom is 0.212 e. The predicted octanol–water partition coefficient (Wildman–Crippen LogP) is 3.80. The SMILES string of the molecule is N=c1ccc2c(O)cc(C3CCCCC3)c(F)c2o1. The summed E-state index contributed by atoms with van der Waals surface area (Å²) in [4.78, 5) is 0. The molecule has 1 aliphatic carbocycles. The average Bonchev–Trinajstić information content (AvgIpc) is 2.43. The number of rotatable bonds is 1. The van der Waals surface area contributed by atoms with Crippen LogP contribution in [0.3, 0.4) is 0 Å². The summed E-state index contributed by atoms with van der Waals surface area (Å²) in [6, 6.07) is 4.44. The summed E-state index contributed by atoms with van der Waals surface area (Å²) < 4.78 is 19.7. The lowest BCUT2D eigenvalue weighted by Gasteiger charge is -2.22. The van der Waals surface area contributed by atoms with Gasteiger partial charge in [0.2, 0.25) is 5.55 Å². The molecular formula is C15H16FNO2. The van der Waals surface area contributed by atoms with E-state index in [2.05, 4.69) is 0 Å². The van der Waals surface area contributed by atoms with Crippen molar-refractivity contribution in [2.75, 3.05) is 0 Å². The number of hydrogen-bond donors (Lipinski definition) is 2. The monoisotopic (exact) mass is 261 g/mol. The fourth-order valence-electron chi connectivity index (χ4n) is 2.93. The van der Waals surface area contributed by atoms with E-state index >= 15 is 0 Å². The quantitative estimate of drug-likeness (QED) is 0.820. The molecule has 0 aliphatic heterocycles. The van der Waals surface area contributed by atoms with Crippen molar-refractivity contribution in [2.24, 2.45) is 0 Å². The number of nitrogens with one attached hydrogen (secondary N) is 1. The van der Waals surface area contributed by atoms with Gasteiger partial charge in [-0.05, 0) is 36.5 Å². The Hall–Kier alpha value is -1.84. The molecule has 0 bridgehead atoms. The topological polar surface area (TPSA) is 57.2 Å². The Morgan fingerprint density at radius 2 is 1.95 bits per heavy atom. The second-order valence-corrected chi connectivity index (χ2v) is 5.18. The van der Waals surface area contributed by atoms with Crippen molar-refractivity contribution in [3.05, 3.63) is 35.1 Å². The van der Waals surface area contributed by atoms with Crippen LogP contribution in [0.4, 0.5) is 4.39 Å². The van der Waals surface area contributed by atoms with Gasteiger partial charge >= 0.3 is 0 Å². The van der Waals surface area contributed by atoms with E-state index in [4.69, 9.17) is 9.83 Å². The Balaban J connectivity index is 2.20. The van der Waals surface area contributed by atoms with Gasteiger partial charge in [-0.25, -0.2) is 4.39 Å². The van der Waals surface area contributed by atoms with Crippen molar-refractivity contribution in [2.45, 2.75) is 38.0 Å². The normalized spacial score (nSPS) is 16.9. The molecule has 0 spiro atoms. The Bertz CT molecular complexity index is 672. The molecule has 3 rings (SSSR count). The van der Waals surface area contributed by atoms with E-state index in [1.165, 1.54) is 24.6 Å². The molecule has 0 radical (unpaired) electrons. The summed E-state index contributed by atoms with van der Waals surface area (Å²) in [5.41, 5.74) is 0.415. The first-order valence-corrected chi connectivity index (χ1v) is 6.66. The second kappa shape index (κ2) is 4.68. The molecule has 4 heteroatoms. The molecule has 19 heavy (non-hydrogen) atoms. The van der Waals surface area contributed by atoms with Crippen LogP contribution in [0.25, 0.3) is 11.0 Å². The summed E-state index contributed by atoms with van der Waals surface area (Å²) in [5, 5.41) is 17.8. The van der Waals surface area contributed by atoms with Crippen molar-refractivity contribution in [3.63, 3.8) is 0 Å². The molecule has 100 valence electrons. The third-order valence-corrected chi connectivity index (χ3v) is 3.92. The van der Waals surface area contributed by atoms with Crippen LogP contribution in [0, 0.1) is 11.2 Å². The van der Waals surface area contributed by atoms with Crippen molar-refractivity contribution < 1.29 is 13.9 Å². The highest BCUT2D eigenvalue weighted by Crippen LogP contribution is 2.38. The second-order valence-electron chi connectivity index (χ2n) is 5.18. The highest BCUT2D eigenvalue weighted by Gasteiger charge is 2.22. The van der Waals surface area contributed by atoms with E-state index < -0.39 is 5.82 Å². The molecule has 1 aromatic heterocycles. The maximum absolute atomic E-state index is 14.5. The fraction of sp³-hybridized carbons (Fsp3) is 0.400. The summed E-state index contributed by atoms with van der Waals surface area (Å²) >= 11 is 0.